The fourth-order valence-electron chi connectivity index (χ4n) is 2.68. The second-order valence-electron chi connectivity index (χ2n) is 7.55. The minimum Gasteiger partial charge on any atom is -0.478 e. The van der Waals surface area contributed by atoms with Crippen molar-refractivity contribution >= 4 is 5.97 Å². The highest BCUT2D eigenvalue weighted by molar-refractivity contribution is 5.88. The number of nitrogens with two attached hydrogens (primary N) is 6. The molecule has 10 nitrogen and oxygen atoms in total. The van der Waals surface area contributed by atoms with Crippen molar-refractivity contribution in [2.45, 2.75) is 13.2 Å². The summed E-state index contributed by atoms with van der Waals surface area (Å²) in [4.78, 5) is 11.5. The molecule has 1 rings (SSSR count). The van der Waals surface area contributed by atoms with E-state index in [1.165, 1.54) is 0 Å². The molecule has 166 valence electrons. The van der Waals surface area contributed by atoms with Gasteiger partial charge in [-0.25, -0.2) is 4.79 Å². The maximum atomic E-state index is 11.5. The third kappa shape index (κ3) is 7.28. The molecule has 0 radical (unpaired) electrons. The van der Waals surface area contributed by atoms with Gasteiger partial charge in [-0.15, -0.1) is 0 Å². The van der Waals surface area contributed by atoms with Gasteiger partial charge in [-0.1, -0.05) is 6.07 Å². The molecule has 1 aromatic carbocycles. The van der Waals surface area contributed by atoms with Gasteiger partial charge in [-0.05, 0) is 23.3 Å². The Bertz CT molecular complexity index is 574. The number of hydrogen-bond acceptors (Lipinski definition) is 9. The van der Waals surface area contributed by atoms with Crippen molar-refractivity contribution in [3.8, 4) is 0 Å². The Morgan fingerprint density at radius 2 is 1.07 bits per heavy atom. The van der Waals surface area contributed by atoms with Gasteiger partial charge in [0.1, 0.15) is 0 Å². The number of carboxylic acids is 1. The van der Waals surface area contributed by atoms with E-state index in [0.717, 1.165) is 0 Å². The third-order valence-corrected chi connectivity index (χ3v) is 5.25. The summed E-state index contributed by atoms with van der Waals surface area (Å²) in [5, 5.41) is 9.39. The van der Waals surface area contributed by atoms with Crippen LogP contribution in [0.1, 0.15) is 21.5 Å². The van der Waals surface area contributed by atoms with Gasteiger partial charge in [0.25, 0.3) is 0 Å². The molecule has 0 aliphatic carbocycles. The molecule has 0 aromatic heterocycles. The SMILES string of the molecule is NCC(CN)(CN)COCc1cc(COCC(CN)(CN)CN)cc(C(=O)O)c1. The lowest BCUT2D eigenvalue weighted by atomic mass is 9.89. The topological polar surface area (TPSA) is 212 Å². The minimum atomic E-state index is -1.03. The highest BCUT2D eigenvalue weighted by Gasteiger charge is 2.26. The van der Waals surface area contributed by atoms with Crippen LogP contribution in [0.2, 0.25) is 0 Å². The van der Waals surface area contributed by atoms with Crippen LogP contribution in [0, 0.1) is 10.8 Å². The number of carbonyl (C=O) groups is 1. The molecule has 0 aliphatic rings. The summed E-state index contributed by atoms with van der Waals surface area (Å²) in [7, 11) is 0. The molecule has 0 fully saturated rings. The van der Waals surface area contributed by atoms with Gasteiger partial charge in [-0.2, -0.15) is 0 Å². The first-order valence-electron chi connectivity index (χ1n) is 9.55. The summed E-state index contributed by atoms with van der Waals surface area (Å²) < 4.78 is 11.5. The van der Waals surface area contributed by atoms with Gasteiger partial charge < -0.3 is 49.0 Å². The van der Waals surface area contributed by atoms with Gasteiger partial charge >= 0.3 is 5.97 Å². The first-order valence-corrected chi connectivity index (χ1v) is 9.55. The minimum absolute atomic E-state index is 0.148. The molecule has 0 spiro atoms. The largest absolute Gasteiger partial charge is 0.478 e. The van der Waals surface area contributed by atoms with Crippen molar-refractivity contribution < 1.29 is 19.4 Å². The lowest BCUT2D eigenvalue weighted by Crippen LogP contribution is -2.47. The maximum Gasteiger partial charge on any atom is 0.335 e. The van der Waals surface area contributed by atoms with Crippen LogP contribution in [-0.4, -0.2) is 63.6 Å². The summed E-state index contributed by atoms with van der Waals surface area (Å²) in [5.41, 5.74) is 35.1. The molecule has 13 N–H and O–H groups in total. The van der Waals surface area contributed by atoms with E-state index in [4.69, 9.17) is 43.9 Å². The summed E-state index contributed by atoms with van der Waals surface area (Å²) >= 11 is 0. The number of ether oxygens (including phenoxy) is 2. The van der Waals surface area contributed by atoms with E-state index < -0.39 is 16.8 Å². The zero-order valence-corrected chi connectivity index (χ0v) is 16.9. The second kappa shape index (κ2) is 12.2. The van der Waals surface area contributed by atoms with Crippen molar-refractivity contribution in [1.29, 1.82) is 0 Å². The molecule has 0 aliphatic heterocycles. The van der Waals surface area contributed by atoms with E-state index in [1.807, 2.05) is 6.07 Å². The Labute approximate surface area is 171 Å². The Hall–Kier alpha value is -1.63. The summed E-state index contributed by atoms with van der Waals surface area (Å²) in [5.74, 6) is -1.03. The van der Waals surface area contributed by atoms with E-state index in [0.29, 0.717) is 50.4 Å². The fourth-order valence-corrected chi connectivity index (χ4v) is 2.68. The Morgan fingerprint density at radius 3 is 1.34 bits per heavy atom. The van der Waals surface area contributed by atoms with Crippen LogP contribution in [0.4, 0.5) is 0 Å². The number of carboxylic acid groups (broad SMARTS) is 1. The predicted octanol–water partition coefficient (Wildman–Crippen LogP) is -1.86. The second-order valence-corrected chi connectivity index (χ2v) is 7.55. The Morgan fingerprint density at radius 1 is 0.724 bits per heavy atom. The van der Waals surface area contributed by atoms with E-state index in [2.05, 4.69) is 0 Å². The molecular weight excluding hydrogens is 376 g/mol. The van der Waals surface area contributed by atoms with Gasteiger partial charge in [0.2, 0.25) is 0 Å². The summed E-state index contributed by atoms with van der Waals surface area (Å²) in [6, 6.07) is 4.95. The van der Waals surface area contributed by atoms with Crippen LogP contribution < -0.4 is 34.4 Å². The van der Waals surface area contributed by atoms with Crippen LogP contribution in [0.25, 0.3) is 0 Å². The molecule has 0 heterocycles. The van der Waals surface area contributed by atoms with Crippen LogP contribution >= 0.6 is 0 Å². The molecule has 0 amide bonds. The molecule has 0 atom stereocenters. The van der Waals surface area contributed by atoms with E-state index in [1.54, 1.807) is 12.1 Å². The quantitative estimate of drug-likeness (QED) is 0.171. The first kappa shape index (κ1) is 25.4. The maximum absolute atomic E-state index is 11.5. The van der Waals surface area contributed by atoms with Gasteiger partial charge in [0, 0.05) is 50.1 Å². The van der Waals surface area contributed by atoms with Crippen LogP contribution in [0.5, 0.6) is 0 Å². The summed E-state index contributed by atoms with van der Waals surface area (Å²) in [6.07, 6.45) is 0. The first-order chi connectivity index (χ1) is 13.8. The molecule has 0 saturated heterocycles. The fraction of sp³-hybridized carbons (Fsp3) is 0.632. The average molecular weight is 413 g/mol. The monoisotopic (exact) mass is 412 g/mol. The number of benzene rings is 1. The molecule has 29 heavy (non-hydrogen) atoms. The lowest BCUT2D eigenvalue weighted by molar-refractivity contribution is 0.0430. The molecule has 0 unspecified atom stereocenters. The highest BCUT2D eigenvalue weighted by atomic mass is 16.5. The number of hydrogen-bond donors (Lipinski definition) is 7. The van der Waals surface area contributed by atoms with Crippen LogP contribution in [-0.2, 0) is 22.7 Å². The van der Waals surface area contributed by atoms with E-state index >= 15 is 0 Å². The molecule has 0 bridgehead atoms. The van der Waals surface area contributed by atoms with Crippen molar-refractivity contribution in [1.82, 2.24) is 0 Å². The smallest absolute Gasteiger partial charge is 0.335 e. The summed E-state index contributed by atoms with van der Waals surface area (Å²) in [6.45, 7) is 2.80. The van der Waals surface area contributed by atoms with Crippen molar-refractivity contribution in [2.24, 2.45) is 45.2 Å². The lowest BCUT2D eigenvalue weighted by Gasteiger charge is -2.29. The molecule has 0 saturated carbocycles. The zero-order chi connectivity index (χ0) is 21.9. The van der Waals surface area contributed by atoms with Crippen molar-refractivity contribution in [2.75, 3.05) is 52.5 Å². The van der Waals surface area contributed by atoms with Crippen molar-refractivity contribution in [3.05, 3.63) is 34.9 Å². The third-order valence-electron chi connectivity index (χ3n) is 5.25. The molecule has 1 aromatic rings. The van der Waals surface area contributed by atoms with Gasteiger partial charge in [0.15, 0.2) is 0 Å². The van der Waals surface area contributed by atoms with Gasteiger partial charge in [0.05, 0.1) is 32.0 Å². The Balaban J connectivity index is 2.83. The Kier molecular flexibility index (Phi) is 10.6. The average Bonchev–Trinajstić information content (AvgIpc) is 2.75. The van der Waals surface area contributed by atoms with Crippen LogP contribution in [0.3, 0.4) is 0 Å². The van der Waals surface area contributed by atoms with Gasteiger partial charge in [-0.3, -0.25) is 0 Å². The zero-order valence-electron chi connectivity index (χ0n) is 16.9. The standard InChI is InChI=1S/C19H36N6O4/c20-6-18(7-21,8-22)12-28-4-14-1-15(3-16(2-14)17(26)27)5-29-13-19(9-23,10-24)11-25/h1-3H,4-13,20-25H2,(H,26,27). The number of aromatic carboxylic acids is 1. The highest BCUT2D eigenvalue weighted by Crippen LogP contribution is 2.18. The molecular formula is C19H36N6O4. The predicted molar refractivity (Wildman–Crippen MR) is 112 cm³/mol. The number of rotatable bonds is 15. The van der Waals surface area contributed by atoms with Crippen molar-refractivity contribution in [3.63, 3.8) is 0 Å². The molecule has 10 heteroatoms. The van der Waals surface area contributed by atoms with E-state index in [-0.39, 0.29) is 32.0 Å². The normalized spacial score (nSPS) is 12.3. The van der Waals surface area contributed by atoms with Crippen LogP contribution in [0.15, 0.2) is 18.2 Å². The van der Waals surface area contributed by atoms with E-state index in [9.17, 15) is 9.90 Å².